The minimum absolute atomic E-state index is 0.446. The first-order chi connectivity index (χ1) is 5.89. The number of rotatable bonds is 1. The molecule has 0 radical (unpaired) electrons. The summed E-state index contributed by atoms with van der Waals surface area (Å²) < 4.78 is 0. The van der Waals surface area contributed by atoms with Gasteiger partial charge in [0.25, 0.3) is 0 Å². The molecule has 2 nitrogen and oxygen atoms in total. The summed E-state index contributed by atoms with van der Waals surface area (Å²) in [5, 5.41) is 1.95. The third-order valence-corrected chi connectivity index (χ3v) is 5.24. The zero-order chi connectivity index (χ0) is 9.85. The molecule has 0 aliphatic heterocycles. The van der Waals surface area contributed by atoms with Gasteiger partial charge in [0.2, 0.25) is 0 Å². The van der Waals surface area contributed by atoms with Gasteiger partial charge in [0.1, 0.15) is 0 Å². The zero-order valence-electron chi connectivity index (χ0n) is 9.30. The van der Waals surface area contributed by atoms with Crippen LogP contribution < -0.4 is 5.84 Å². The van der Waals surface area contributed by atoms with Gasteiger partial charge >= 0.3 is 0 Å². The average Bonchev–Trinajstić information content (AvgIpc) is 2.34. The summed E-state index contributed by atoms with van der Waals surface area (Å²) in [6.07, 6.45) is 4.07. The fourth-order valence-electron chi connectivity index (χ4n) is 3.78. The molecule has 0 unspecified atom stereocenters. The van der Waals surface area contributed by atoms with Gasteiger partial charge in [-0.05, 0) is 36.0 Å². The second kappa shape index (κ2) is 2.48. The van der Waals surface area contributed by atoms with E-state index in [-0.39, 0.29) is 0 Å². The van der Waals surface area contributed by atoms with E-state index in [0.29, 0.717) is 16.9 Å². The standard InChI is InChI=1S/C11H22N2/c1-10(2)8-5-6-11(10,3)9(7-8)13(4)12/h8-9H,5-7,12H2,1-4H3/t8-,9-,11-/m1/s1. The van der Waals surface area contributed by atoms with Crippen molar-refractivity contribution < 1.29 is 0 Å². The van der Waals surface area contributed by atoms with E-state index in [4.69, 9.17) is 5.84 Å². The number of hydrogen-bond acceptors (Lipinski definition) is 2. The summed E-state index contributed by atoms with van der Waals surface area (Å²) >= 11 is 0. The Bertz CT molecular complexity index is 222. The fourth-order valence-corrected chi connectivity index (χ4v) is 3.78. The molecule has 0 heterocycles. The van der Waals surface area contributed by atoms with Gasteiger partial charge in [0.05, 0.1) is 0 Å². The quantitative estimate of drug-likeness (QED) is 0.496. The van der Waals surface area contributed by atoms with Crippen LogP contribution >= 0.6 is 0 Å². The lowest BCUT2D eigenvalue weighted by atomic mass is 9.69. The SMILES string of the molecule is CN(N)[C@@H]1C[C@H]2CC[C@@]1(C)C2(C)C. The predicted octanol–water partition coefficient (Wildman–Crippen LogP) is 2.01. The van der Waals surface area contributed by atoms with E-state index in [0.717, 1.165) is 5.92 Å². The first-order valence-corrected chi connectivity index (χ1v) is 5.37. The Kier molecular flexibility index (Phi) is 1.81. The smallest absolute Gasteiger partial charge is 0.0299 e. The third kappa shape index (κ3) is 0.962. The molecule has 0 aromatic rings. The van der Waals surface area contributed by atoms with Crippen molar-refractivity contribution in [2.45, 2.75) is 46.1 Å². The minimum Gasteiger partial charge on any atom is -0.269 e. The number of hydrogen-bond donors (Lipinski definition) is 1. The van der Waals surface area contributed by atoms with Gasteiger partial charge in [0, 0.05) is 13.1 Å². The molecule has 2 N–H and O–H groups in total. The van der Waals surface area contributed by atoms with Gasteiger partial charge in [0.15, 0.2) is 0 Å². The Balaban J connectivity index is 2.33. The van der Waals surface area contributed by atoms with Gasteiger partial charge < -0.3 is 0 Å². The maximum Gasteiger partial charge on any atom is 0.0299 e. The van der Waals surface area contributed by atoms with Gasteiger partial charge in [-0.25, -0.2) is 5.01 Å². The molecule has 3 atom stereocenters. The molecule has 2 aliphatic carbocycles. The van der Waals surface area contributed by atoms with Crippen LogP contribution in [0.25, 0.3) is 0 Å². The molecule has 0 saturated heterocycles. The van der Waals surface area contributed by atoms with E-state index in [1.807, 2.05) is 12.1 Å². The molecule has 2 saturated carbocycles. The first-order valence-electron chi connectivity index (χ1n) is 5.37. The Morgan fingerprint density at radius 1 is 1.31 bits per heavy atom. The van der Waals surface area contributed by atoms with Crippen LogP contribution in [0.15, 0.2) is 0 Å². The van der Waals surface area contributed by atoms with E-state index in [1.165, 1.54) is 19.3 Å². The Morgan fingerprint density at radius 2 is 1.92 bits per heavy atom. The summed E-state index contributed by atoms with van der Waals surface area (Å²) in [7, 11) is 2.02. The normalized spacial score (nSPS) is 47.5. The van der Waals surface area contributed by atoms with Gasteiger partial charge in [-0.15, -0.1) is 0 Å². The molecule has 0 aromatic carbocycles. The van der Waals surface area contributed by atoms with Crippen molar-refractivity contribution in [3.05, 3.63) is 0 Å². The van der Waals surface area contributed by atoms with Crippen molar-refractivity contribution in [2.24, 2.45) is 22.6 Å². The second-order valence-corrected chi connectivity index (χ2v) is 5.79. The van der Waals surface area contributed by atoms with Crippen LogP contribution in [0.2, 0.25) is 0 Å². The number of nitrogens with zero attached hydrogens (tertiary/aromatic N) is 1. The molecule has 13 heavy (non-hydrogen) atoms. The van der Waals surface area contributed by atoms with E-state index < -0.39 is 0 Å². The molecule has 2 aliphatic rings. The zero-order valence-corrected chi connectivity index (χ0v) is 9.30. The van der Waals surface area contributed by atoms with Gasteiger partial charge in [-0.2, -0.15) is 0 Å². The third-order valence-electron chi connectivity index (χ3n) is 5.24. The minimum atomic E-state index is 0.446. The lowest BCUT2D eigenvalue weighted by molar-refractivity contribution is 0.0582. The number of fused-ring (bicyclic) bond motifs is 2. The molecule has 2 rings (SSSR count). The Labute approximate surface area is 81.4 Å². The van der Waals surface area contributed by atoms with Gasteiger partial charge in [-0.1, -0.05) is 20.8 Å². The van der Waals surface area contributed by atoms with Crippen LogP contribution in [0.1, 0.15) is 40.0 Å². The molecule has 0 amide bonds. The van der Waals surface area contributed by atoms with E-state index in [9.17, 15) is 0 Å². The van der Waals surface area contributed by atoms with E-state index >= 15 is 0 Å². The lowest BCUT2D eigenvalue weighted by Gasteiger charge is -2.41. The lowest BCUT2D eigenvalue weighted by Crippen LogP contribution is -2.48. The Morgan fingerprint density at radius 3 is 2.15 bits per heavy atom. The van der Waals surface area contributed by atoms with E-state index in [1.54, 1.807) is 0 Å². The second-order valence-electron chi connectivity index (χ2n) is 5.79. The van der Waals surface area contributed by atoms with Crippen molar-refractivity contribution in [3.63, 3.8) is 0 Å². The molecule has 2 fully saturated rings. The molecular weight excluding hydrogens is 160 g/mol. The maximum absolute atomic E-state index is 5.92. The molecule has 76 valence electrons. The summed E-state index contributed by atoms with van der Waals surface area (Å²) in [6.45, 7) is 7.27. The topological polar surface area (TPSA) is 29.3 Å². The highest BCUT2D eigenvalue weighted by Crippen LogP contribution is 2.66. The highest BCUT2D eigenvalue weighted by atomic mass is 15.4. The average molecular weight is 182 g/mol. The number of hydrazine groups is 1. The van der Waals surface area contributed by atoms with Crippen LogP contribution in [0, 0.1) is 16.7 Å². The fraction of sp³-hybridized carbons (Fsp3) is 1.00. The van der Waals surface area contributed by atoms with Crippen molar-refractivity contribution in [2.75, 3.05) is 7.05 Å². The van der Waals surface area contributed by atoms with Crippen molar-refractivity contribution >= 4 is 0 Å². The van der Waals surface area contributed by atoms with Crippen molar-refractivity contribution in [1.29, 1.82) is 0 Å². The molecule has 2 bridgehead atoms. The van der Waals surface area contributed by atoms with E-state index in [2.05, 4.69) is 20.8 Å². The Hall–Kier alpha value is -0.0800. The molecule has 2 heteroatoms. The summed E-state index contributed by atoms with van der Waals surface area (Å²) in [5.74, 6) is 6.82. The highest BCUT2D eigenvalue weighted by Gasteiger charge is 2.61. The first kappa shape index (κ1) is 9.47. The summed E-state index contributed by atoms with van der Waals surface area (Å²) in [6, 6.07) is 0.598. The van der Waals surface area contributed by atoms with Crippen LogP contribution in [0.4, 0.5) is 0 Å². The van der Waals surface area contributed by atoms with Crippen molar-refractivity contribution in [1.82, 2.24) is 5.01 Å². The van der Waals surface area contributed by atoms with Crippen molar-refractivity contribution in [3.8, 4) is 0 Å². The highest BCUT2D eigenvalue weighted by molar-refractivity contribution is 5.12. The number of nitrogens with two attached hydrogens (primary N) is 1. The van der Waals surface area contributed by atoms with Crippen LogP contribution in [0.3, 0.4) is 0 Å². The molecular formula is C11H22N2. The predicted molar refractivity (Wildman–Crippen MR) is 55.0 cm³/mol. The molecule has 0 spiro atoms. The van der Waals surface area contributed by atoms with Crippen LogP contribution in [-0.4, -0.2) is 18.1 Å². The largest absolute Gasteiger partial charge is 0.269 e. The summed E-state index contributed by atoms with van der Waals surface area (Å²) in [4.78, 5) is 0. The van der Waals surface area contributed by atoms with Crippen LogP contribution in [0.5, 0.6) is 0 Å². The van der Waals surface area contributed by atoms with Crippen LogP contribution in [-0.2, 0) is 0 Å². The maximum atomic E-state index is 5.92. The summed E-state index contributed by atoms with van der Waals surface area (Å²) in [5.41, 5.74) is 0.937. The monoisotopic (exact) mass is 182 g/mol. The van der Waals surface area contributed by atoms with Gasteiger partial charge in [-0.3, -0.25) is 5.84 Å². The molecule has 0 aromatic heterocycles.